The molecule has 2 aromatic carbocycles. The van der Waals surface area contributed by atoms with Crippen molar-refractivity contribution in [3.8, 4) is 22.6 Å². The fourth-order valence-corrected chi connectivity index (χ4v) is 5.94. The molecule has 1 aliphatic heterocycles. The van der Waals surface area contributed by atoms with Gasteiger partial charge < -0.3 is 13.6 Å². The topological polar surface area (TPSA) is 44.8 Å². The largest absolute Gasteiger partial charge is 0.543 e. The smallest absolute Gasteiger partial charge is 0.328 e. The number of unbranched alkanes of at least 4 members (excludes halogenated alkanes) is 2. The summed E-state index contributed by atoms with van der Waals surface area (Å²) in [6, 6.07) is 8.53. The highest BCUT2D eigenvalue weighted by molar-refractivity contribution is 6.71. The molecule has 0 aromatic heterocycles. The van der Waals surface area contributed by atoms with Crippen LogP contribution in [0.25, 0.3) is 11.1 Å². The minimum atomic E-state index is -2.11. The molecule has 0 bridgehead atoms. The number of carbonyl (C=O) groups is 1. The molecule has 34 heavy (non-hydrogen) atoms. The van der Waals surface area contributed by atoms with Gasteiger partial charge in [-0.2, -0.15) is 0 Å². The third kappa shape index (κ3) is 5.95. The normalized spacial score (nSPS) is 14.6. The molecule has 0 unspecified atom stereocenters. The Hall–Kier alpha value is -2.06. The molecule has 186 valence electrons. The first-order valence-corrected chi connectivity index (χ1v) is 19.4. The molecule has 0 fully saturated rings. The summed E-state index contributed by atoms with van der Waals surface area (Å²) in [5, 5.41) is 0. The van der Waals surface area contributed by atoms with E-state index in [1.807, 2.05) is 19.6 Å². The lowest BCUT2D eigenvalue weighted by Crippen LogP contribution is -2.35. The van der Waals surface area contributed by atoms with Crippen LogP contribution in [0.5, 0.6) is 11.5 Å². The van der Waals surface area contributed by atoms with E-state index in [0.717, 1.165) is 53.7 Å². The van der Waals surface area contributed by atoms with Crippen molar-refractivity contribution in [3.05, 3.63) is 46.5 Å². The highest BCUT2D eigenvalue weighted by atomic mass is 28.4. The maximum atomic E-state index is 13.7. The van der Waals surface area contributed by atoms with Gasteiger partial charge in [0.1, 0.15) is 22.7 Å². The zero-order chi connectivity index (χ0) is 25.5. The van der Waals surface area contributed by atoms with Crippen molar-refractivity contribution in [2.24, 2.45) is 0 Å². The first-order valence-electron chi connectivity index (χ1n) is 12.6. The average molecular weight is 499 g/mol. The second-order valence-electron chi connectivity index (χ2n) is 11.9. The van der Waals surface area contributed by atoms with E-state index in [1.54, 1.807) is 0 Å². The van der Waals surface area contributed by atoms with Gasteiger partial charge in [-0.3, -0.25) is 0 Å². The van der Waals surface area contributed by atoms with Crippen LogP contribution < -0.4 is 9.16 Å². The third-order valence-corrected chi connectivity index (χ3v) is 7.46. The van der Waals surface area contributed by atoms with Gasteiger partial charge in [0.05, 0.1) is 5.56 Å². The van der Waals surface area contributed by atoms with Crippen molar-refractivity contribution in [2.45, 2.75) is 98.3 Å². The quantitative estimate of drug-likeness (QED) is 0.271. The summed E-state index contributed by atoms with van der Waals surface area (Å²) < 4.78 is 19.4. The summed E-state index contributed by atoms with van der Waals surface area (Å²) in [5.41, 5.74) is 5.33. The number of hydrogen-bond donors (Lipinski definition) is 0. The summed E-state index contributed by atoms with van der Waals surface area (Å²) in [4.78, 5) is 13.7. The Morgan fingerprint density at radius 1 is 1.00 bits per heavy atom. The summed E-state index contributed by atoms with van der Waals surface area (Å²) in [7, 11) is -4.19. The Bertz CT molecular complexity index is 1080. The van der Waals surface area contributed by atoms with Crippen molar-refractivity contribution < 1.29 is 18.4 Å². The van der Waals surface area contributed by atoms with Gasteiger partial charge in [-0.05, 0) is 90.1 Å². The first kappa shape index (κ1) is 26.5. The van der Waals surface area contributed by atoms with Gasteiger partial charge in [0.25, 0.3) is 0 Å². The van der Waals surface area contributed by atoms with Crippen LogP contribution in [0, 0.1) is 6.92 Å². The van der Waals surface area contributed by atoms with E-state index >= 15 is 0 Å². The molecule has 0 saturated carbocycles. The van der Waals surface area contributed by atoms with Gasteiger partial charge in [-0.25, -0.2) is 4.79 Å². The Morgan fingerprint density at radius 3 is 2.26 bits per heavy atom. The predicted molar refractivity (Wildman–Crippen MR) is 146 cm³/mol. The zero-order valence-electron chi connectivity index (χ0n) is 22.8. The maximum absolute atomic E-state index is 13.7. The molecule has 0 atom stereocenters. The van der Waals surface area contributed by atoms with E-state index in [0.29, 0.717) is 11.3 Å². The van der Waals surface area contributed by atoms with Crippen molar-refractivity contribution in [2.75, 3.05) is 0 Å². The molecule has 0 N–H and O–H groups in total. The molecule has 0 saturated heterocycles. The minimum absolute atomic E-state index is 0.263. The Morgan fingerprint density at radius 2 is 1.68 bits per heavy atom. The van der Waals surface area contributed by atoms with Crippen molar-refractivity contribution in [1.29, 1.82) is 0 Å². The fourth-order valence-electron chi connectivity index (χ4n) is 4.46. The second-order valence-corrected chi connectivity index (χ2v) is 20.8. The zero-order valence-corrected chi connectivity index (χ0v) is 24.8. The van der Waals surface area contributed by atoms with E-state index in [-0.39, 0.29) is 5.97 Å². The van der Waals surface area contributed by atoms with Crippen LogP contribution in [0.3, 0.4) is 0 Å². The molecule has 0 amide bonds. The van der Waals surface area contributed by atoms with Crippen LogP contribution in [0.2, 0.25) is 39.3 Å². The number of aryl methyl sites for hydroxylation is 2. The van der Waals surface area contributed by atoms with Gasteiger partial charge in [0, 0.05) is 5.56 Å². The Labute approximate surface area is 208 Å². The maximum Gasteiger partial charge on any atom is 0.328 e. The lowest BCUT2D eigenvalue weighted by molar-refractivity contribution is 0.0721. The first-order chi connectivity index (χ1) is 15.6. The molecule has 1 heterocycles. The van der Waals surface area contributed by atoms with Crippen LogP contribution in [0.1, 0.15) is 67.1 Å². The van der Waals surface area contributed by atoms with Crippen LogP contribution >= 0.6 is 0 Å². The minimum Gasteiger partial charge on any atom is -0.543 e. The van der Waals surface area contributed by atoms with E-state index in [4.69, 9.17) is 13.6 Å². The number of fused-ring (bicyclic) bond motifs is 3. The summed E-state index contributed by atoms with van der Waals surface area (Å²) in [6.45, 7) is 21.1. The van der Waals surface area contributed by atoms with Crippen molar-refractivity contribution in [1.82, 2.24) is 0 Å². The summed E-state index contributed by atoms with van der Waals surface area (Å²) >= 11 is 0. The second kappa shape index (κ2) is 9.53. The van der Waals surface area contributed by atoms with Gasteiger partial charge in [-0.1, -0.05) is 43.5 Å². The molecule has 3 rings (SSSR count). The van der Waals surface area contributed by atoms with Crippen LogP contribution in [-0.2, 0) is 16.4 Å². The van der Waals surface area contributed by atoms with Crippen molar-refractivity contribution >= 4 is 22.6 Å². The van der Waals surface area contributed by atoms with Crippen molar-refractivity contribution in [3.63, 3.8) is 0 Å². The molecular weight excluding hydrogens is 456 g/mol. The highest BCUT2D eigenvalue weighted by Crippen LogP contribution is 2.52. The van der Waals surface area contributed by atoms with E-state index < -0.39 is 22.2 Å². The SMILES string of the molecule is CCCCCc1cc2c(c(O[Si](C)(C)C)c1C(=O)O[Si](C)(C)C)-c1cc(C)ccc1C(C)(C)O2. The monoisotopic (exact) mass is 498 g/mol. The molecule has 0 spiro atoms. The van der Waals surface area contributed by atoms with E-state index in [1.165, 1.54) is 5.56 Å². The molecular formula is C28H42O4Si2. The van der Waals surface area contributed by atoms with Gasteiger partial charge >= 0.3 is 5.97 Å². The van der Waals surface area contributed by atoms with Gasteiger partial charge in [0.15, 0.2) is 0 Å². The van der Waals surface area contributed by atoms with Gasteiger partial charge in [-0.15, -0.1) is 0 Å². The average Bonchev–Trinajstić information content (AvgIpc) is 2.64. The lowest BCUT2D eigenvalue weighted by Gasteiger charge is -2.38. The lowest BCUT2D eigenvalue weighted by atomic mass is 9.83. The standard InChI is InChI=1S/C28H42O4Si2/c1-11-12-13-14-20-18-23-25(21-17-19(2)15-16-22(21)28(3,4)30-23)26(31-33(5,6)7)24(20)27(29)32-34(8,9)10/h15-18H,11-14H2,1-10H3. The number of carbonyl (C=O) groups excluding carboxylic acids is 1. The Kier molecular flexibility index (Phi) is 7.44. The fraction of sp³-hybridized carbons (Fsp3) is 0.536. The molecule has 0 radical (unpaired) electrons. The number of hydrogen-bond acceptors (Lipinski definition) is 4. The number of benzene rings is 2. The summed E-state index contributed by atoms with van der Waals surface area (Å²) in [6.07, 6.45) is 4.03. The van der Waals surface area contributed by atoms with Crippen LogP contribution in [-0.4, -0.2) is 22.6 Å². The highest BCUT2D eigenvalue weighted by Gasteiger charge is 2.39. The van der Waals surface area contributed by atoms with Gasteiger partial charge in [0.2, 0.25) is 16.6 Å². The van der Waals surface area contributed by atoms with Crippen LogP contribution in [0.4, 0.5) is 0 Å². The molecule has 2 aromatic rings. The molecule has 6 heteroatoms. The number of ether oxygens (including phenoxy) is 1. The molecule has 4 nitrogen and oxygen atoms in total. The molecule has 1 aliphatic rings. The third-order valence-electron chi connectivity index (χ3n) is 5.85. The van der Waals surface area contributed by atoms with Crippen LogP contribution in [0.15, 0.2) is 24.3 Å². The van der Waals surface area contributed by atoms with E-state index in [2.05, 4.69) is 71.6 Å². The Balaban J connectivity index is 2.37. The predicted octanol–water partition coefficient (Wildman–Crippen LogP) is 8.23. The molecule has 0 aliphatic carbocycles. The number of rotatable bonds is 8. The summed E-state index contributed by atoms with van der Waals surface area (Å²) in [5.74, 6) is 1.18. The van der Waals surface area contributed by atoms with E-state index in [9.17, 15) is 4.79 Å².